The molecule has 0 unspecified atom stereocenters. The van der Waals surface area contributed by atoms with Crippen molar-refractivity contribution >= 4 is 23.3 Å². The first-order chi connectivity index (χ1) is 12.1. The van der Waals surface area contributed by atoms with Gasteiger partial charge in [-0.25, -0.2) is 9.38 Å². The number of hydrazine groups is 1. The zero-order valence-electron chi connectivity index (χ0n) is 14.9. The molecule has 0 fully saturated rings. The van der Waals surface area contributed by atoms with Crippen molar-refractivity contribution in [3.63, 3.8) is 0 Å². The highest BCUT2D eigenvalue weighted by atomic mass is 35.5. The normalized spacial score (nSPS) is 12.3. The van der Waals surface area contributed by atoms with Crippen molar-refractivity contribution in [2.45, 2.75) is 20.8 Å². The molecule has 3 N–H and O–H groups in total. The molecule has 0 atom stereocenters. The molecule has 138 valence electrons. The fourth-order valence-electron chi connectivity index (χ4n) is 1.90. The summed E-state index contributed by atoms with van der Waals surface area (Å²) >= 11 is 6.12. The molecule has 0 aliphatic heterocycles. The average molecular weight is 378 g/mol. The SMILES string of the molecule is C=C(C#N)/N=C(\C(Cl)=C/N)N(CC(C)(C)C)NC(=O)c1ccc(F)cc1. The predicted octanol–water partition coefficient (Wildman–Crippen LogP) is 3.29. The van der Waals surface area contributed by atoms with Gasteiger partial charge in [0.1, 0.15) is 22.6 Å². The fourth-order valence-corrected chi connectivity index (χ4v) is 2.04. The third-order valence-corrected chi connectivity index (χ3v) is 3.26. The largest absolute Gasteiger partial charge is 0.403 e. The van der Waals surface area contributed by atoms with Gasteiger partial charge in [-0.2, -0.15) is 5.26 Å². The number of hydrogen-bond acceptors (Lipinski definition) is 4. The first-order valence-corrected chi connectivity index (χ1v) is 8.04. The summed E-state index contributed by atoms with van der Waals surface area (Å²) in [7, 11) is 0. The molecule has 0 spiro atoms. The second kappa shape index (κ2) is 9.02. The van der Waals surface area contributed by atoms with E-state index in [-0.39, 0.29) is 27.5 Å². The van der Waals surface area contributed by atoms with Gasteiger partial charge in [0, 0.05) is 18.3 Å². The maximum atomic E-state index is 13.1. The van der Waals surface area contributed by atoms with Crippen molar-refractivity contribution < 1.29 is 9.18 Å². The van der Waals surface area contributed by atoms with Crippen LogP contribution in [0.2, 0.25) is 0 Å². The van der Waals surface area contributed by atoms with Crippen molar-refractivity contribution in [2.24, 2.45) is 16.1 Å². The van der Waals surface area contributed by atoms with Gasteiger partial charge in [0.05, 0.1) is 0 Å². The van der Waals surface area contributed by atoms with Gasteiger partial charge in [0.15, 0.2) is 5.84 Å². The number of amidine groups is 1. The van der Waals surface area contributed by atoms with Crippen LogP contribution in [0.1, 0.15) is 31.1 Å². The van der Waals surface area contributed by atoms with Gasteiger partial charge in [-0.1, -0.05) is 39.0 Å². The number of rotatable bonds is 4. The number of carbonyl (C=O) groups excluding carboxylic acids is 1. The van der Waals surface area contributed by atoms with Gasteiger partial charge >= 0.3 is 0 Å². The lowest BCUT2D eigenvalue weighted by Gasteiger charge is -2.32. The summed E-state index contributed by atoms with van der Waals surface area (Å²) in [4.78, 5) is 16.6. The monoisotopic (exact) mass is 377 g/mol. The Hall–Kier alpha value is -2.85. The molecular weight excluding hydrogens is 357 g/mol. The number of nitriles is 1. The number of nitrogens with zero attached hydrogens (tertiary/aromatic N) is 3. The highest BCUT2D eigenvalue weighted by molar-refractivity contribution is 6.43. The molecule has 0 radical (unpaired) electrons. The molecule has 0 bridgehead atoms. The Labute approximate surface area is 157 Å². The van der Waals surface area contributed by atoms with Crippen LogP contribution in [0.3, 0.4) is 0 Å². The first-order valence-electron chi connectivity index (χ1n) is 7.67. The van der Waals surface area contributed by atoms with Gasteiger partial charge < -0.3 is 5.73 Å². The predicted molar refractivity (Wildman–Crippen MR) is 100 cm³/mol. The number of amides is 1. The van der Waals surface area contributed by atoms with Crippen LogP contribution in [-0.4, -0.2) is 23.3 Å². The number of benzene rings is 1. The van der Waals surface area contributed by atoms with Gasteiger partial charge in [-0.05, 0) is 29.7 Å². The first kappa shape index (κ1) is 21.2. The Balaban J connectivity index is 3.26. The van der Waals surface area contributed by atoms with E-state index in [1.54, 1.807) is 6.07 Å². The number of nitrogens with one attached hydrogen (secondary N) is 1. The molecule has 0 aromatic heterocycles. The van der Waals surface area contributed by atoms with E-state index in [9.17, 15) is 9.18 Å². The van der Waals surface area contributed by atoms with E-state index in [0.717, 1.165) is 6.20 Å². The van der Waals surface area contributed by atoms with Crippen molar-refractivity contribution in [2.75, 3.05) is 6.54 Å². The van der Waals surface area contributed by atoms with E-state index in [0.29, 0.717) is 6.54 Å². The Morgan fingerprint density at radius 2 is 2.04 bits per heavy atom. The number of allylic oxidation sites excluding steroid dienone is 1. The summed E-state index contributed by atoms with van der Waals surface area (Å²) < 4.78 is 13.1. The number of carbonyl (C=O) groups is 1. The molecule has 0 aliphatic carbocycles. The van der Waals surface area contributed by atoms with Crippen LogP contribution in [0.4, 0.5) is 4.39 Å². The van der Waals surface area contributed by atoms with Crippen LogP contribution in [0.15, 0.2) is 52.8 Å². The van der Waals surface area contributed by atoms with Crippen LogP contribution in [0, 0.1) is 22.6 Å². The lowest BCUT2D eigenvalue weighted by molar-refractivity contribution is 0.0843. The van der Waals surface area contributed by atoms with E-state index in [4.69, 9.17) is 22.6 Å². The maximum Gasteiger partial charge on any atom is 0.269 e. The minimum atomic E-state index is -0.494. The molecule has 1 rings (SSSR count). The van der Waals surface area contributed by atoms with E-state index in [1.165, 1.54) is 29.3 Å². The highest BCUT2D eigenvalue weighted by Gasteiger charge is 2.24. The topological polar surface area (TPSA) is 94.5 Å². The van der Waals surface area contributed by atoms with Gasteiger partial charge in [-0.15, -0.1) is 0 Å². The summed E-state index contributed by atoms with van der Waals surface area (Å²) in [6.45, 7) is 9.64. The fraction of sp³-hybridized carbons (Fsp3) is 0.278. The molecule has 26 heavy (non-hydrogen) atoms. The van der Waals surface area contributed by atoms with E-state index in [1.807, 2.05) is 20.8 Å². The van der Waals surface area contributed by atoms with Crippen molar-refractivity contribution in [1.82, 2.24) is 10.4 Å². The molecule has 6 nitrogen and oxygen atoms in total. The quantitative estimate of drug-likeness (QED) is 0.364. The van der Waals surface area contributed by atoms with Crippen molar-refractivity contribution in [3.8, 4) is 6.07 Å². The Morgan fingerprint density at radius 3 is 2.50 bits per heavy atom. The van der Waals surface area contributed by atoms with Crippen molar-refractivity contribution in [1.29, 1.82) is 5.26 Å². The maximum absolute atomic E-state index is 13.1. The molecule has 0 aliphatic rings. The molecule has 0 saturated heterocycles. The minimum Gasteiger partial charge on any atom is -0.403 e. The summed E-state index contributed by atoms with van der Waals surface area (Å²) in [6.07, 6.45) is 1.10. The van der Waals surface area contributed by atoms with Crippen LogP contribution in [0.25, 0.3) is 0 Å². The van der Waals surface area contributed by atoms with E-state index in [2.05, 4.69) is 17.0 Å². The molecular formula is C18H21ClFN5O. The molecule has 0 heterocycles. The third kappa shape index (κ3) is 6.57. The van der Waals surface area contributed by atoms with Gasteiger partial charge in [0.25, 0.3) is 5.91 Å². The van der Waals surface area contributed by atoms with Crippen LogP contribution in [-0.2, 0) is 0 Å². The number of nitrogens with two attached hydrogens (primary N) is 1. The standard InChI is InChI=1S/C18H21ClFN5O/c1-12(9-21)23-16(15(19)10-22)25(11-18(2,3)4)24-17(26)13-5-7-14(20)8-6-13/h5-8,10H,1,11,22H2,2-4H3,(H,24,26)/b15-10+,23-16+. The Bertz CT molecular complexity index is 772. The minimum absolute atomic E-state index is 0.0325. The smallest absolute Gasteiger partial charge is 0.269 e. The van der Waals surface area contributed by atoms with Crippen LogP contribution < -0.4 is 11.2 Å². The van der Waals surface area contributed by atoms with E-state index >= 15 is 0 Å². The van der Waals surface area contributed by atoms with Crippen molar-refractivity contribution in [3.05, 3.63) is 59.2 Å². The van der Waals surface area contributed by atoms with Gasteiger partial charge in [-0.3, -0.25) is 15.2 Å². The summed E-state index contributed by atoms with van der Waals surface area (Å²) in [6, 6.07) is 6.86. The second-order valence-corrected chi connectivity index (χ2v) is 7.01. The number of hydrogen-bond donors (Lipinski definition) is 2. The van der Waals surface area contributed by atoms with Crippen LogP contribution in [0.5, 0.6) is 0 Å². The van der Waals surface area contributed by atoms with E-state index < -0.39 is 11.7 Å². The highest BCUT2D eigenvalue weighted by Crippen LogP contribution is 2.18. The zero-order valence-corrected chi connectivity index (χ0v) is 15.6. The summed E-state index contributed by atoms with van der Waals surface area (Å²) in [5, 5.41) is 10.4. The summed E-state index contributed by atoms with van der Waals surface area (Å²) in [5.74, 6) is -0.869. The number of aliphatic imine (C=N–C) groups is 1. The number of halogens is 2. The lowest BCUT2D eigenvalue weighted by Crippen LogP contribution is -2.50. The zero-order chi connectivity index (χ0) is 19.9. The van der Waals surface area contributed by atoms with Gasteiger partial charge in [0.2, 0.25) is 0 Å². The second-order valence-electron chi connectivity index (χ2n) is 6.60. The lowest BCUT2D eigenvalue weighted by atomic mass is 9.96. The van der Waals surface area contributed by atoms with Crippen LogP contribution >= 0.6 is 11.6 Å². The Kier molecular flexibility index (Phi) is 7.35. The molecule has 1 aromatic rings. The Morgan fingerprint density at radius 1 is 1.46 bits per heavy atom. The average Bonchev–Trinajstić information content (AvgIpc) is 2.57. The summed E-state index contributed by atoms with van der Waals surface area (Å²) in [5.41, 5.74) is 8.02. The molecule has 1 amide bonds. The third-order valence-electron chi connectivity index (χ3n) is 2.96. The molecule has 8 heteroatoms. The molecule has 1 aromatic carbocycles. The molecule has 0 saturated carbocycles.